The van der Waals surface area contributed by atoms with Crippen LogP contribution >= 0.6 is 0 Å². The van der Waals surface area contributed by atoms with E-state index in [0.29, 0.717) is 12.8 Å². The molecule has 0 aliphatic carbocycles. The molecule has 0 spiro atoms. The summed E-state index contributed by atoms with van der Waals surface area (Å²) in [5.74, 6) is -0.529. The molecule has 0 N–H and O–H groups in total. The molecule has 0 bridgehead atoms. The number of nitrogens with zero attached hydrogens (tertiary/aromatic N) is 8. The van der Waals surface area contributed by atoms with Crippen molar-refractivity contribution in [1.29, 1.82) is 0 Å². The van der Waals surface area contributed by atoms with Crippen LogP contribution in [0.4, 0.5) is 0 Å². The smallest absolute Gasteiger partial charge is 0.306 e. The summed E-state index contributed by atoms with van der Waals surface area (Å²) < 4.78 is 10.8. The van der Waals surface area contributed by atoms with E-state index in [9.17, 15) is 9.59 Å². The van der Waals surface area contributed by atoms with Gasteiger partial charge in [-0.05, 0) is 110 Å². The maximum atomic E-state index is 12.2. The van der Waals surface area contributed by atoms with E-state index in [2.05, 4.69) is 54.8 Å². The van der Waals surface area contributed by atoms with Crippen molar-refractivity contribution in [2.24, 2.45) is 40.9 Å². The molecule has 43 heavy (non-hydrogen) atoms. The predicted octanol–water partition coefficient (Wildman–Crippen LogP) is 8.95. The molecule has 0 aromatic heterocycles. The molecule has 4 rings (SSSR count). The lowest BCUT2D eigenvalue weighted by atomic mass is 9.94. The lowest BCUT2D eigenvalue weighted by Crippen LogP contribution is -2.22. The Balaban J connectivity index is 0.952. The summed E-state index contributed by atoms with van der Waals surface area (Å²) in [4.78, 5) is 24.4. The van der Waals surface area contributed by atoms with Gasteiger partial charge in [-0.2, -0.15) is 40.9 Å². The first kappa shape index (κ1) is 33.2. The van der Waals surface area contributed by atoms with Crippen molar-refractivity contribution in [1.82, 2.24) is 0 Å². The highest BCUT2D eigenvalue weighted by atomic mass is 16.6. The minimum Gasteiger partial charge on any atom is -0.462 e. The second-order valence-electron chi connectivity index (χ2n) is 13.0. The molecule has 240 valence electrons. The van der Waals surface area contributed by atoms with E-state index < -0.39 is 6.10 Å². The van der Waals surface area contributed by atoms with Crippen molar-refractivity contribution in [3.8, 4) is 0 Å². The van der Waals surface area contributed by atoms with Crippen LogP contribution in [0.25, 0.3) is 0 Å². The molecule has 4 aliphatic rings. The van der Waals surface area contributed by atoms with Gasteiger partial charge in [0.15, 0.2) is 22.7 Å². The molecule has 12 nitrogen and oxygen atoms in total. The first-order valence-electron chi connectivity index (χ1n) is 16.9. The van der Waals surface area contributed by atoms with Gasteiger partial charge in [-0.1, -0.05) is 26.7 Å². The van der Waals surface area contributed by atoms with E-state index >= 15 is 0 Å². The van der Waals surface area contributed by atoms with Crippen molar-refractivity contribution >= 4 is 11.9 Å². The van der Waals surface area contributed by atoms with E-state index in [1.165, 1.54) is 12.8 Å². The quantitative estimate of drug-likeness (QED) is 0.0682. The number of rotatable bonds is 27. The van der Waals surface area contributed by atoms with Crippen LogP contribution in [0.15, 0.2) is 40.9 Å². The third kappa shape index (κ3) is 11.7. The number of hydrogen-bond acceptors (Lipinski definition) is 12. The normalized spacial score (nSPS) is 20.5. The number of unbranched alkanes of at least 4 members (excludes halogenated alkanes) is 4. The monoisotopic (exact) mass is 600 g/mol. The van der Waals surface area contributed by atoms with Crippen LogP contribution in [0.3, 0.4) is 0 Å². The fourth-order valence-electron chi connectivity index (χ4n) is 5.77. The molecule has 1 atom stereocenters. The number of ether oxygens (including phenoxy) is 2. The zero-order valence-electron chi connectivity index (χ0n) is 26.6. The minimum absolute atomic E-state index is 0.0776. The van der Waals surface area contributed by atoms with E-state index in [1.54, 1.807) is 6.92 Å². The minimum atomic E-state index is -0.465. The van der Waals surface area contributed by atoms with Gasteiger partial charge in [0.25, 0.3) is 0 Å². The summed E-state index contributed by atoms with van der Waals surface area (Å²) in [5, 5.41) is 34.3. The SMILES string of the molecule is CCCCC1(CCCC2(CCCCC(=O)OCC(C)OC(=O)CCCCC3(CCCC4(CCCC)N=N4)N=N3)N=N2)N=N1. The Bertz CT molecular complexity index is 1030. The maximum absolute atomic E-state index is 12.2. The van der Waals surface area contributed by atoms with Gasteiger partial charge < -0.3 is 9.47 Å². The van der Waals surface area contributed by atoms with Crippen LogP contribution in [0.1, 0.15) is 149 Å². The van der Waals surface area contributed by atoms with Crippen molar-refractivity contribution < 1.29 is 19.1 Å². The Hall–Kier alpha value is -2.66. The molecule has 4 heterocycles. The van der Waals surface area contributed by atoms with Gasteiger partial charge in [-0.3, -0.25) is 9.59 Å². The fraction of sp³-hybridized carbons (Fsp3) is 0.935. The summed E-state index contributed by atoms with van der Waals surface area (Å²) in [6.07, 6.45) is 17.8. The first-order chi connectivity index (χ1) is 20.8. The highest BCUT2D eigenvalue weighted by Gasteiger charge is 2.44. The molecule has 12 heteroatoms. The van der Waals surface area contributed by atoms with E-state index in [-0.39, 0.29) is 41.2 Å². The third-order valence-corrected chi connectivity index (χ3v) is 8.93. The van der Waals surface area contributed by atoms with E-state index in [1.807, 2.05) is 0 Å². The van der Waals surface area contributed by atoms with Gasteiger partial charge in [-0.25, -0.2) is 0 Å². The highest BCUT2D eigenvalue weighted by Crippen LogP contribution is 2.44. The standard InChI is InChI=1S/C31H52N8O4/c1-4-6-16-28(32-33-28)20-12-22-30(36-37-30)18-10-8-14-26(40)42-24-25(3)43-27(41)15-9-11-19-31(38-39-31)23-13-21-29(34-35-29)17-7-5-2/h25H,4-24H2,1-3H3. The number of carbonyl (C=O) groups excluding carboxylic acids is 2. The van der Waals surface area contributed by atoms with Gasteiger partial charge in [0, 0.05) is 12.8 Å². The van der Waals surface area contributed by atoms with Crippen LogP contribution in [0, 0.1) is 0 Å². The summed E-state index contributed by atoms with van der Waals surface area (Å²) in [6, 6.07) is 0. The second-order valence-corrected chi connectivity index (χ2v) is 13.0. The Morgan fingerprint density at radius 2 is 0.860 bits per heavy atom. The molecule has 0 aromatic rings. The lowest BCUT2D eigenvalue weighted by Gasteiger charge is -2.15. The van der Waals surface area contributed by atoms with Crippen molar-refractivity contribution in [3.63, 3.8) is 0 Å². The zero-order valence-corrected chi connectivity index (χ0v) is 26.6. The zero-order chi connectivity index (χ0) is 30.7. The molecular weight excluding hydrogens is 548 g/mol. The average Bonchev–Trinajstić information content (AvgIpc) is 3.81. The Morgan fingerprint density at radius 3 is 1.23 bits per heavy atom. The average molecular weight is 601 g/mol. The topological polar surface area (TPSA) is 151 Å². The van der Waals surface area contributed by atoms with E-state index in [0.717, 1.165) is 103 Å². The molecule has 0 saturated carbocycles. The summed E-state index contributed by atoms with van der Waals surface area (Å²) >= 11 is 0. The van der Waals surface area contributed by atoms with Crippen LogP contribution in [-0.2, 0) is 19.1 Å². The van der Waals surface area contributed by atoms with Crippen molar-refractivity contribution in [2.75, 3.05) is 6.61 Å². The van der Waals surface area contributed by atoms with Crippen molar-refractivity contribution in [2.45, 2.75) is 178 Å². The second kappa shape index (κ2) is 15.4. The largest absolute Gasteiger partial charge is 0.462 e. The fourth-order valence-corrected chi connectivity index (χ4v) is 5.77. The Morgan fingerprint density at radius 1 is 0.512 bits per heavy atom. The number of carbonyl (C=O) groups is 2. The molecule has 0 saturated heterocycles. The summed E-state index contributed by atoms with van der Waals surface area (Å²) in [7, 11) is 0. The van der Waals surface area contributed by atoms with Gasteiger partial charge in [0.05, 0.1) is 0 Å². The van der Waals surface area contributed by atoms with Crippen LogP contribution < -0.4 is 0 Å². The van der Waals surface area contributed by atoms with Crippen LogP contribution in [0.2, 0.25) is 0 Å². The van der Waals surface area contributed by atoms with Gasteiger partial charge >= 0.3 is 11.9 Å². The summed E-state index contributed by atoms with van der Waals surface area (Å²) in [5.41, 5.74) is -0.739. The number of esters is 2. The van der Waals surface area contributed by atoms with Crippen LogP contribution in [0.5, 0.6) is 0 Å². The van der Waals surface area contributed by atoms with Gasteiger partial charge in [0.1, 0.15) is 12.7 Å². The van der Waals surface area contributed by atoms with Crippen LogP contribution in [-0.4, -0.2) is 47.3 Å². The molecule has 0 fully saturated rings. The third-order valence-electron chi connectivity index (χ3n) is 8.93. The molecule has 0 aromatic carbocycles. The number of hydrogen-bond donors (Lipinski definition) is 0. The Kier molecular flexibility index (Phi) is 11.9. The predicted molar refractivity (Wildman–Crippen MR) is 161 cm³/mol. The molecule has 0 radical (unpaired) electrons. The Labute approximate surface area is 256 Å². The maximum Gasteiger partial charge on any atom is 0.306 e. The molecule has 4 aliphatic heterocycles. The van der Waals surface area contributed by atoms with E-state index in [4.69, 9.17) is 9.47 Å². The summed E-state index contributed by atoms with van der Waals surface area (Å²) in [6.45, 7) is 6.21. The molecular formula is C31H52N8O4. The first-order valence-corrected chi connectivity index (χ1v) is 16.9. The molecule has 0 amide bonds. The molecule has 1 unspecified atom stereocenters. The lowest BCUT2D eigenvalue weighted by molar-refractivity contribution is -0.158. The highest BCUT2D eigenvalue weighted by molar-refractivity contribution is 5.70. The van der Waals surface area contributed by atoms with Gasteiger partial charge in [0.2, 0.25) is 0 Å². The van der Waals surface area contributed by atoms with Gasteiger partial charge in [-0.15, -0.1) is 0 Å². The van der Waals surface area contributed by atoms with Crippen molar-refractivity contribution in [3.05, 3.63) is 0 Å².